The molecular weight excluding hydrogens is 202 g/mol. The van der Waals surface area contributed by atoms with Gasteiger partial charge in [0, 0.05) is 25.6 Å². The average Bonchev–Trinajstić information content (AvgIpc) is 1.98. The standard InChI is InChI=1S/C12H27N3O/c1-12(2,3)9-10(13)8-11(16)14-6-7-15(4)5/h10H,6-9,13H2,1-5H3,(H,14,16). The summed E-state index contributed by atoms with van der Waals surface area (Å²) in [6, 6.07) is -0.0423. The van der Waals surface area contributed by atoms with Gasteiger partial charge in [-0.25, -0.2) is 0 Å². The molecule has 1 atom stereocenters. The molecule has 0 aliphatic heterocycles. The van der Waals surface area contributed by atoms with E-state index >= 15 is 0 Å². The lowest BCUT2D eigenvalue weighted by Crippen LogP contribution is -2.36. The molecule has 0 aromatic heterocycles. The van der Waals surface area contributed by atoms with Crippen LogP contribution in [0.2, 0.25) is 0 Å². The molecule has 16 heavy (non-hydrogen) atoms. The van der Waals surface area contributed by atoms with Gasteiger partial charge < -0.3 is 16.0 Å². The monoisotopic (exact) mass is 229 g/mol. The highest BCUT2D eigenvalue weighted by atomic mass is 16.1. The maximum Gasteiger partial charge on any atom is 0.221 e. The molecule has 0 radical (unpaired) electrons. The number of carbonyl (C=O) groups is 1. The van der Waals surface area contributed by atoms with Crippen LogP contribution in [0.3, 0.4) is 0 Å². The molecule has 4 heteroatoms. The van der Waals surface area contributed by atoms with E-state index in [0.717, 1.165) is 13.0 Å². The SMILES string of the molecule is CN(C)CCNC(=O)CC(N)CC(C)(C)C. The van der Waals surface area contributed by atoms with Gasteiger partial charge in [-0.15, -0.1) is 0 Å². The van der Waals surface area contributed by atoms with Crippen molar-refractivity contribution in [3.8, 4) is 0 Å². The van der Waals surface area contributed by atoms with Gasteiger partial charge in [0.05, 0.1) is 0 Å². The molecule has 1 amide bonds. The zero-order chi connectivity index (χ0) is 12.8. The van der Waals surface area contributed by atoms with Gasteiger partial charge in [-0.2, -0.15) is 0 Å². The van der Waals surface area contributed by atoms with Crippen LogP contribution in [-0.2, 0) is 4.79 Å². The Kier molecular flexibility index (Phi) is 6.60. The van der Waals surface area contributed by atoms with Crippen molar-refractivity contribution >= 4 is 5.91 Å². The predicted octanol–water partition coefficient (Wildman–Crippen LogP) is 0.818. The van der Waals surface area contributed by atoms with E-state index in [9.17, 15) is 4.79 Å². The van der Waals surface area contributed by atoms with Gasteiger partial charge in [-0.3, -0.25) is 4.79 Å². The molecule has 0 saturated carbocycles. The highest BCUT2D eigenvalue weighted by Crippen LogP contribution is 2.20. The molecule has 0 aliphatic rings. The fourth-order valence-corrected chi connectivity index (χ4v) is 1.59. The number of amides is 1. The molecule has 0 aromatic rings. The minimum atomic E-state index is -0.0423. The topological polar surface area (TPSA) is 58.4 Å². The van der Waals surface area contributed by atoms with Crippen molar-refractivity contribution in [3.63, 3.8) is 0 Å². The van der Waals surface area contributed by atoms with Crippen LogP contribution in [0.15, 0.2) is 0 Å². The van der Waals surface area contributed by atoms with Crippen LogP contribution in [0.4, 0.5) is 0 Å². The predicted molar refractivity (Wildman–Crippen MR) is 68.2 cm³/mol. The summed E-state index contributed by atoms with van der Waals surface area (Å²) in [6.45, 7) is 7.96. The molecule has 0 aromatic carbocycles. The number of carbonyl (C=O) groups excluding carboxylic acids is 1. The Balaban J connectivity index is 3.71. The molecule has 0 aliphatic carbocycles. The van der Waals surface area contributed by atoms with Crippen molar-refractivity contribution in [2.45, 2.75) is 39.7 Å². The highest BCUT2D eigenvalue weighted by Gasteiger charge is 2.17. The van der Waals surface area contributed by atoms with Crippen LogP contribution < -0.4 is 11.1 Å². The highest BCUT2D eigenvalue weighted by molar-refractivity contribution is 5.76. The minimum Gasteiger partial charge on any atom is -0.355 e. The number of nitrogens with two attached hydrogens (primary N) is 1. The number of nitrogens with one attached hydrogen (secondary N) is 1. The largest absolute Gasteiger partial charge is 0.355 e. The molecule has 0 fully saturated rings. The molecule has 0 saturated heterocycles. The Morgan fingerprint density at radius 3 is 2.38 bits per heavy atom. The van der Waals surface area contributed by atoms with Gasteiger partial charge in [0.25, 0.3) is 0 Å². The molecule has 0 bridgehead atoms. The Bertz CT molecular complexity index is 209. The van der Waals surface area contributed by atoms with Crippen LogP contribution in [0, 0.1) is 5.41 Å². The first-order chi connectivity index (χ1) is 7.20. The summed E-state index contributed by atoms with van der Waals surface area (Å²) in [4.78, 5) is 13.5. The number of nitrogens with zero attached hydrogens (tertiary/aromatic N) is 1. The summed E-state index contributed by atoms with van der Waals surface area (Å²) in [6.07, 6.45) is 1.29. The van der Waals surface area contributed by atoms with E-state index in [0.29, 0.717) is 13.0 Å². The maximum absolute atomic E-state index is 11.5. The number of rotatable bonds is 6. The summed E-state index contributed by atoms with van der Waals surface area (Å²) >= 11 is 0. The third kappa shape index (κ3) is 9.93. The van der Waals surface area contributed by atoms with Crippen molar-refractivity contribution in [2.75, 3.05) is 27.2 Å². The lowest BCUT2D eigenvalue weighted by atomic mass is 9.87. The Labute approximate surface area is 99.6 Å². The average molecular weight is 229 g/mol. The van der Waals surface area contributed by atoms with Crippen LogP contribution in [0.5, 0.6) is 0 Å². The zero-order valence-electron chi connectivity index (χ0n) is 11.3. The Hall–Kier alpha value is -0.610. The number of hydrogen-bond acceptors (Lipinski definition) is 3. The van der Waals surface area contributed by atoms with Gasteiger partial charge in [0.1, 0.15) is 0 Å². The summed E-state index contributed by atoms with van der Waals surface area (Å²) in [5, 5.41) is 2.87. The van der Waals surface area contributed by atoms with Gasteiger partial charge >= 0.3 is 0 Å². The summed E-state index contributed by atoms with van der Waals surface area (Å²) < 4.78 is 0. The smallest absolute Gasteiger partial charge is 0.221 e. The van der Waals surface area contributed by atoms with E-state index in [1.807, 2.05) is 19.0 Å². The van der Waals surface area contributed by atoms with Crippen molar-refractivity contribution < 1.29 is 4.79 Å². The number of hydrogen-bond donors (Lipinski definition) is 2. The minimum absolute atomic E-state index is 0.0423. The van der Waals surface area contributed by atoms with E-state index in [1.165, 1.54) is 0 Å². The summed E-state index contributed by atoms with van der Waals surface area (Å²) in [5.74, 6) is 0.0543. The first-order valence-electron chi connectivity index (χ1n) is 5.88. The van der Waals surface area contributed by atoms with Gasteiger partial charge in [0.15, 0.2) is 0 Å². The number of likely N-dealkylation sites (N-methyl/N-ethyl adjacent to an activating group) is 1. The Morgan fingerprint density at radius 2 is 1.94 bits per heavy atom. The second-order valence-electron chi connectivity index (χ2n) is 5.88. The van der Waals surface area contributed by atoms with E-state index in [2.05, 4.69) is 26.1 Å². The molecule has 0 rings (SSSR count). The first-order valence-corrected chi connectivity index (χ1v) is 5.88. The summed E-state index contributed by atoms with van der Waals surface area (Å²) in [7, 11) is 3.97. The fourth-order valence-electron chi connectivity index (χ4n) is 1.59. The molecule has 1 unspecified atom stereocenters. The van der Waals surface area contributed by atoms with Crippen molar-refractivity contribution in [2.24, 2.45) is 11.1 Å². The molecule has 0 spiro atoms. The van der Waals surface area contributed by atoms with Crippen LogP contribution >= 0.6 is 0 Å². The van der Waals surface area contributed by atoms with Crippen molar-refractivity contribution in [3.05, 3.63) is 0 Å². The van der Waals surface area contributed by atoms with E-state index in [-0.39, 0.29) is 17.4 Å². The molecule has 3 N–H and O–H groups in total. The second kappa shape index (κ2) is 6.86. The molecule has 96 valence electrons. The lowest BCUT2D eigenvalue weighted by molar-refractivity contribution is -0.121. The van der Waals surface area contributed by atoms with Crippen molar-refractivity contribution in [1.82, 2.24) is 10.2 Å². The third-order valence-corrected chi connectivity index (χ3v) is 2.20. The molecule has 4 nitrogen and oxygen atoms in total. The summed E-state index contributed by atoms with van der Waals surface area (Å²) in [5.41, 5.74) is 6.10. The normalized spacial score (nSPS) is 13.9. The van der Waals surface area contributed by atoms with Crippen molar-refractivity contribution in [1.29, 1.82) is 0 Å². The van der Waals surface area contributed by atoms with Gasteiger partial charge in [-0.05, 0) is 25.9 Å². The maximum atomic E-state index is 11.5. The van der Waals surface area contributed by atoms with Crippen LogP contribution in [0.25, 0.3) is 0 Å². The van der Waals surface area contributed by atoms with Crippen LogP contribution in [0.1, 0.15) is 33.6 Å². The van der Waals surface area contributed by atoms with Gasteiger partial charge in [0.2, 0.25) is 5.91 Å². The van der Waals surface area contributed by atoms with Gasteiger partial charge in [-0.1, -0.05) is 20.8 Å². The quantitative estimate of drug-likeness (QED) is 0.709. The molecular formula is C12H27N3O. The van der Waals surface area contributed by atoms with E-state index < -0.39 is 0 Å². The lowest BCUT2D eigenvalue weighted by Gasteiger charge is -2.22. The second-order valence-corrected chi connectivity index (χ2v) is 5.88. The third-order valence-electron chi connectivity index (χ3n) is 2.20. The fraction of sp³-hybridized carbons (Fsp3) is 0.917. The first kappa shape index (κ1) is 15.4. The van der Waals surface area contributed by atoms with E-state index in [4.69, 9.17) is 5.73 Å². The van der Waals surface area contributed by atoms with Crippen LogP contribution in [-0.4, -0.2) is 44.0 Å². The van der Waals surface area contributed by atoms with E-state index in [1.54, 1.807) is 0 Å². The zero-order valence-corrected chi connectivity index (χ0v) is 11.3. The molecule has 0 heterocycles. The Morgan fingerprint density at radius 1 is 1.38 bits per heavy atom.